The van der Waals surface area contributed by atoms with Crippen molar-refractivity contribution in [3.8, 4) is 11.8 Å². The lowest BCUT2D eigenvalue weighted by atomic mass is 10.0. The van der Waals surface area contributed by atoms with E-state index >= 15 is 0 Å². The van der Waals surface area contributed by atoms with E-state index in [1.54, 1.807) is 37.3 Å². The summed E-state index contributed by atoms with van der Waals surface area (Å²) < 4.78 is 10.2. The quantitative estimate of drug-likeness (QED) is 0.200. The van der Waals surface area contributed by atoms with E-state index in [2.05, 4.69) is 22.5 Å². The molecule has 1 rings (SSSR count). The fourth-order valence-electron chi connectivity index (χ4n) is 3.12. The van der Waals surface area contributed by atoms with Crippen LogP contribution in [0.3, 0.4) is 0 Å². The molecule has 3 atom stereocenters. The molecular weight excluding hydrogens is 496 g/mol. The molecule has 1 aliphatic rings. The fraction of sp³-hybridized carbons (Fsp3) is 0.464. The highest BCUT2D eigenvalue weighted by molar-refractivity contribution is 6.29. The number of aliphatic hydroxyl groups is 1. The number of halogens is 1. The topological polar surface area (TPSA) is 114 Å². The van der Waals surface area contributed by atoms with Crippen molar-refractivity contribution in [2.24, 2.45) is 5.92 Å². The number of esters is 1. The zero-order chi connectivity index (χ0) is 27.8. The first-order chi connectivity index (χ1) is 17.5. The number of methoxy groups -OCH3 is 1. The van der Waals surface area contributed by atoms with E-state index in [-0.39, 0.29) is 23.7 Å². The molecule has 0 aliphatic carbocycles. The van der Waals surface area contributed by atoms with Crippen LogP contribution in [-0.2, 0) is 23.9 Å². The molecule has 0 fully saturated rings. The standard InChI is InChI=1S/C28H37ClN2O6/c1-19(2)26(27(34)30-18-8-10-22(32)14-13-21(4)29)31-25(33)11-7-6-9-20(3)12-15-23-16-17-24(36-5)28(35)37-23/h6,8-9,12-13,17-19,22-23,26,32H,10,14-16H2,1-5H3,(H,30,34)(H,31,33)/b9-6-,18-8-,20-12+,21-13+. The second-order valence-electron chi connectivity index (χ2n) is 8.84. The average Bonchev–Trinajstić information content (AvgIpc) is 2.84. The number of rotatable bonds is 12. The van der Waals surface area contributed by atoms with Crippen LogP contribution < -0.4 is 10.6 Å². The van der Waals surface area contributed by atoms with Gasteiger partial charge in [-0.2, -0.15) is 0 Å². The summed E-state index contributed by atoms with van der Waals surface area (Å²) in [4.78, 5) is 36.4. The van der Waals surface area contributed by atoms with Crippen LogP contribution in [0.5, 0.6) is 0 Å². The Bertz CT molecular complexity index is 1010. The number of aliphatic hydroxyl groups excluding tert-OH is 1. The number of cyclic esters (lactones) is 1. The number of carbonyl (C=O) groups excluding carboxylic acids is 3. The molecule has 0 bridgehead atoms. The second kappa shape index (κ2) is 17.2. The molecule has 0 radical (unpaired) electrons. The third-order valence-corrected chi connectivity index (χ3v) is 5.39. The summed E-state index contributed by atoms with van der Waals surface area (Å²) in [5, 5.41) is 15.7. The molecule has 0 aromatic rings. The first-order valence-electron chi connectivity index (χ1n) is 12.1. The summed E-state index contributed by atoms with van der Waals surface area (Å²) in [6, 6.07) is -0.769. The van der Waals surface area contributed by atoms with Crippen LogP contribution in [-0.4, -0.2) is 48.2 Å². The van der Waals surface area contributed by atoms with Gasteiger partial charge in [-0.25, -0.2) is 4.79 Å². The lowest BCUT2D eigenvalue weighted by Crippen LogP contribution is -2.48. The molecule has 0 aromatic heterocycles. The van der Waals surface area contributed by atoms with Gasteiger partial charge in [0.15, 0.2) is 5.76 Å². The minimum atomic E-state index is -0.769. The third kappa shape index (κ3) is 13.6. The number of hydrogen-bond acceptors (Lipinski definition) is 6. The third-order valence-electron chi connectivity index (χ3n) is 5.24. The number of amides is 2. The van der Waals surface area contributed by atoms with E-state index in [0.29, 0.717) is 30.7 Å². The Balaban J connectivity index is 2.53. The monoisotopic (exact) mass is 532 g/mol. The highest BCUT2D eigenvalue weighted by Crippen LogP contribution is 2.18. The molecule has 0 saturated heterocycles. The van der Waals surface area contributed by atoms with E-state index in [4.69, 9.17) is 21.1 Å². The van der Waals surface area contributed by atoms with E-state index < -0.39 is 24.0 Å². The van der Waals surface area contributed by atoms with Crippen LogP contribution in [0.15, 0.2) is 59.0 Å². The number of nitrogens with one attached hydrogen (secondary N) is 2. The van der Waals surface area contributed by atoms with Crippen molar-refractivity contribution in [3.05, 3.63) is 59.0 Å². The van der Waals surface area contributed by atoms with Gasteiger partial charge in [0.1, 0.15) is 12.1 Å². The fourth-order valence-corrected chi connectivity index (χ4v) is 3.21. The molecule has 3 N–H and O–H groups in total. The van der Waals surface area contributed by atoms with Crippen LogP contribution in [0.2, 0.25) is 0 Å². The molecule has 37 heavy (non-hydrogen) atoms. The number of ether oxygens (including phenoxy) is 2. The van der Waals surface area contributed by atoms with Gasteiger partial charge in [-0.15, -0.1) is 0 Å². The summed E-state index contributed by atoms with van der Waals surface area (Å²) >= 11 is 5.74. The van der Waals surface area contributed by atoms with Crippen molar-refractivity contribution in [2.75, 3.05) is 7.11 Å². The van der Waals surface area contributed by atoms with Crippen LogP contribution in [0.1, 0.15) is 53.4 Å². The van der Waals surface area contributed by atoms with Gasteiger partial charge in [0.25, 0.3) is 5.91 Å². The Labute approximate surface area is 224 Å². The highest BCUT2D eigenvalue weighted by atomic mass is 35.5. The van der Waals surface area contributed by atoms with Crippen LogP contribution in [0.4, 0.5) is 0 Å². The van der Waals surface area contributed by atoms with Crippen molar-refractivity contribution < 1.29 is 29.0 Å². The number of hydrogen-bond donors (Lipinski definition) is 3. The summed E-state index contributed by atoms with van der Waals surface area (Å²) in [6.07, 6.45) is 12.8. The Hall–Kier alpha value is -3.28. The Kier molecular flexibility index (Phi) is 14.8. The zero-order valence-corrected chi connectivity index (χ0v) is 22.8. The molecular formula is C28H37ClN2O6. The smallest absolute Gasteiger partial charge is 0.373 e. The van der Waals surface area contributed by atoms with Crippen LogP contribution in [0, 0.1) is 17.8 Å². The summed E-state index contributed by atoms with van der Waals surface area (Å²) in [7, 11) is 1.43. The van der Waals surface area contributed by atoms with Crippen molar-refractivity contribution in [1.82, 2.24) is 10.6 Å². The van der Waals surface area contributed by atoms with Gasteiger partial charge in [-0.3, -0.25) is 9.59 Å². The van der Waals surface area contributed by atoms with Gasteiger partial charge in [-0.05, 0) is 56.9 Å². The molecule has 1 aliphatic heterocycles. The normalized spacial score (nSPS) is 18.1. The van der Waals surface area contributed by atoms with E-state index in [1.165, 1.54) is 13.3 Å². The zero-order valence-electron chi connectivity index (χ0n) is 22.0. The Morgan fingerprint density at radius 1 is 1.30 bits per heavy atom. The molecule has 1 heterocycles. The van der Waals surface area contributed by atoms with Gasteiger partial charge >= 0.3 is 5.97 Å². The first-order valence-corrected chi connectivity index (χ1v) is 12.5. The SMILES string of the molecule is COC1=CCC(C/C=C(C)/C=C\C#CC(=O)NC(C(=O)N/C=C\CC(O)C/C=C(\C)Cl)C(C)C)OC1=O. The van der Waals surface area contributed by atoms with Crippen molar-refractivity contribution in [3.63, 3.8) is 0 Å². The Morgan fingerprint density at radius 2 is 2.03 bits per heavy atom. The van der Waals surface area contributed by atoms with Crippen LogP contribution in [0.25, 0.3) is 0 Å². The maximum Gasteiger partial charge on any atom is 0.373 e. The minimum absolute atomic E-state index is 0.161. The second-order valence-corrected chi connectivity index (χ2v) is 9.44. The van der Waals surface area contributed by atoms with Crippen molar-refractivity contribution >= 4 is 29.4 Å². The number of allylic oxidation sites excluding steroid dienone is 4. The van der Waals surface area contributed by atoms with Gasteiger partial charge in [-0.1, -0.05) is 61.2 Å². The minimum Gasteiger partial charge on any atom is -0.490 e. The maximum atomic E-state index is 12.5. The lowest BCUT2D eigenvalue weighted by Gasteiger charge is -2.20. The molecule has 8 nitrogen and oxygen atoms in total. The predicted molar refractivity (Wildman–Crippen MR) is 144 cm³/mol. The molecule has 0 spiro atoms. The summed E-state index contributed by atoms with van der Waals surface area (Å²) in [5.74, 6) is 3.76. The average molecular weight is 533 g/mol. The van der Waals surface area contributed by atoms with Gasteiger partial charge in [0, 0.05) is 17.9 Å². The molecule has 9 heteroatoms. The molecule has 202 valence electrons. The van der Waals surface area contributed by atoms with E-state index in [1.807, 2.05) is 26.8 Å². The highest BCUT2D eigenvalue weighted by Gasteiger charge is 2.23. The Morgan fingerprint density at radius 3 is 2.65 bits per heavy atom. The van der Waals surface area contributed by atoms with Crippen LogP contribution >= 0.6 is 11.6 Å². The first kappa shape index (κ1) is 31.7. The molecule has 2 amide bonds. The van der Waals surface area contributed by atoms with Gasteiger partial charge in [0.05, 0.1) is 13.2 Å². The van der Waals surface area contributed by atoms with Crippen molar-refractivity contribution in [2.45, 2.75) is 71.6 Å². The molecule has 0 saturated carbocycles. The predicted octanol–water partition coefficient (Wildman–Crippen LogP) is 3.78. The van der Waals surface area contributed by atoms with E-state index in [0.717, 1.165) is 5.57 Å². The molecule has 0 aromatic carbocycles. The number of carbonyl (C=O) groups is 3. The van der Waals surface area contributed by atoms with Gasteiger partial charge < -0.3 is 25.2 Å². The largest absolute Gasteiger partial charge is 0.490 e. The van der Waals surface area contributed by atoms with E-state index in [9.17, 15) is 19.5 Å². The summed E-state index contributed by atoms with van der Waals surface area (Å²) in [5.41, 5.74) is 0.900. The maximum absolute atomic E-state index is 12.5. The summed E-state index contributed by atoms with van der Waals surface area (Å²) in [6.45, 7) is 7.24. The van der Waals surface area contributed by atoms with Crippen molar-refractivity contribution in [1.29, 1.82) is 0 Å². The van der Waals surface area contributed by atoms with Gasteiger partial charge in [0.2, 0.25) is 5.91 Å². The lowest BCUT2D eigenvalue weighted by molar-refractivity contribution is -0.149. The molecule has 3 unspecified atom stereocenters.